The molecule has 3 aliphatic carbocycles. The van der Waals surface area contributed by atoms with E-state index < -0.39 is 0 Å². The van der Waals surface area contributed by atoms with E-state index in [0.29, 0.717) is 17.4 Å². The number of anilines is 3. The number of nitrogens with zero attached hydrogens (tertiary/aromatic N) is 4. The fourth-order valence-electron chi connectivity index (χ4n) is 5.82. The first-order chi connectivity index (χ1) is 20.1. The largest absolute Gasteiger partial charge is 0.357 e. The van der Waals surface area contributed by atoms with Crippen molar-refractivity contribution in [1.82, 2.24) is 30.8 Å². The first-order valence-electron chi connectivity index (χ1n) is 14.8. The third-order valence-electron chi connectivity index (χ3n) is 8.11. The first-order valence-corrected chi connectivity index (χ1v) is 14.8. The Morgan fingerprint density at radius 3 is 2.37 bits per heavy atom. The van der Waals surface area contributed by atoms with E-state index in [9.17, 15) is 4.79 Å². The molecule has 6 rings (SSSR count). The smallest absolute Gasteiger partial charge is 0.224 e. The van der Waals surface area contributed by atoms with Gasteiger partial charge in [-0.1, -0.05) is 38.2 Å². The number of nitriles is 1. The minimum atomic E-state index is 0.205. The maximum atomic E-state index is 10.3. The van der Waals surface area contributed by atoms with E-state index in [1.54, 1.807) is 13.2 Å². The normalized spacial score (nSPS) is 18.1. The SMILES string of the molecule is CNC1CCCCC1.CNc1nccc(Nc2cc(C3CCCC3)[nH]n2)n1.N#Cc1ccc2c(c1)CC(NC=O)C2. The third kappa shape index (κ3) is 9.02. The second kappa shape index (κ2) is 15.7. The number of hydrogen-bond donors (Lipinski definition) is 5. The van der Waals surface area contributed by atoms with Crippen molar-refractivity contribution >= 4 is 24.0 Å². The van der Waals surface area contributed by atoms with Gasteiger partial charge in [0.05, 0.1) is 11.6 Å². The van der Waals surface area contributed by atoms with Crippen molar-refractivity contribution in [3.8, 4) is 6.07 Å². The number of rotatable bonds is 7. The number of aromatic nitrogens is 4. The number of aromatic amines is 1. The van der Waals surface area contributed by atoms with Crippen LogP contribution in [0.25, 0.3) is 0 Å². The van der Waals surface area contributed by atoms with Crippen LogP contribution in [0.3, 0.4) is 0 Å². The lowest BCUT2D eigenvalue weighted by Gasteiger charge is -2.20. The zero-order chi connectivity index (χ0) is 28.9. The highest BCUT2D eigenvalue weighted by molar-refractivity contribution is 5.53. The summed E-state index contributed by atoms with van der Waals surface area (Å²) >= 11 is 0. The number of hydrogen-bond acceptors (Lipinski definition) is 8. The van der Waals surface area contributed by atoms with Crippen LogP contribution in [-0.2, 0) is 17.6 Å². The summed E-state index contributed by atoms with van der Waals surface area (Å²) < 4.78 is 0. The number of benzene rings is 1. The Morgan fingerprint density at radius 1 is 0.927 bits per heavy atom. The van der Waals surface area contributed by atoms with Gasteiger partial charge in [0.15, 0.2) is 5.82 Å². The van der Waals surface area contributed by atoms with Gasteiger partial charge in [0.1, 0.15) is 5.82 Å². The van der Waals surface area contributed by atoms with E-state index in [1.165, 1.54) is 74.6 Å². The average molecular weight is 558 g/mol. The zero-order valence-corrected chi connectivity index (χ0v) is 24.2. The van der Waals surface area contributed by atoms with Crippen LogP contribution in [0.4, 0.5) is 17.6 Å². The molecule has 5 N–H and O–H groups in total. The lowest BCUT2D eigenvalue weighted by atomic mass is 9.96. The molecule has 3 aromatic rings. The zero-order valence-electron chi connectivity index (χ0n) is 24.2. The summed E-state index contributed by atoms with van der Waals surface area (Å²) in [5.41, 5.74) is 4.34. The molecule has 1 amide bonds. The Labute approximate surface area is 243 Å². The monoisotopic (exact) mass is 557 g/mol. The highest BCUT2D eigenvalue weighted by Gasteiger charge is 2.21. The number of amides is 1. The van der Waals surface area contributed by atoms with Crippen LogP contribution >= 0.6 is 0 Å². The number of carbonyl (C=O) groups is 1. The number of nitrogens with one attached hydrogen (secondary N) is 5. The molecule has 3 aliphatic rings. The van der Waals surface area contributed by atoms with Crippen LogP contribution in [0.2, 0.25) is 0 Å². The second-order valence-electron chi connectivity index (χ2n) is 10.9. The topological polar surface area (TPSA) is 143 Å². The van der Waals surface area contributed by atoms with E-state index in [2.05, 4.69) is 60.6 Å². The van der Waals surface area contributed by atoms with E-state index in [-0.39, 0.29) is 6.04 Å². The van der Waals surface area contributed by atoms with E-state index in [1.807, 2.05) is 24.3 Å². The van der Waals surface area contributed by atoms with Gasteiger partial charge in [-0.05, 0) is 74.9 Å². The molecule has 0 radical (unpaired) electrons. The molecule has 0 spiro atoms. The molecule has 218 valence electrons. The second-order valence-corrected chi connectivity index (χ2v) is 10.9. The van der Waals surface area contributed by atoms with Gasteiger partial charge in [-0.15, -0.1) is 0 Å². The summed E-state index contributed by atoms with van der Waals surface area (Å²) in [6.07, 6.45) is 16.5. The number of H-pyrrole nitrogens is 1. The molecule has 1 aromatic carbocycles. The van der Waals surface area contributed by atoms with Crippen molar-refractivity contribution in [2.45, 2.75) is 88.6 Å². The van der Waals surface area contributed by atoms with Crippen molar-refractivity contribution in [2.75, 3.05) is 24.7 Å². The lowest BCUT2D eigenvalue weighted by Crippen LogP contribution is -2.27. The third-order valence-corrected chi connectivity index (χ3v) is 8.11. The summed E-state index contributed by atoms with van der Waals surface area (Å²) in [4.78, 5) is 18.7. The number of carbonyl (C=O) groups excluding carboxylic acids is 1. The van der Waals surface area contributed by atoms with E-state index >= 15 is 0 Å². The molecular formula is C31H43N9O. The Hall–Kier alpha value is -3.97. The van der Waals surface area contributed by atoms with Crippen LogP contribution in [-0.4, -0.2) is 52.8 Å². The molecule has 10 heteroatoms. The molecule has 0 bridgehead atoms. The molecule has 2 saturated carbocycles. The minimum absolute atomic E-state index is 0.205. The quantitative estimate of drug-likeness (QED) is 0.257. The van der Waals surface area contributed by atoms with E-state index in [4.69, 9.17) is 5.26 Å². The summed E-state index contributed by atoms with van der Waals surface area (Å²) in [7, 11) is 3.86. The van der Waals surface area contributed by atoms with Gasteiger partial charge in [0.25, 0.3) is 0 Å². The fourth-order valence-corrected chi connectivity index (χ4v) is 5.82. The molecule has 2 heterocycles. The van der Waals surface area contributed by atoms with Gasteiger partial charge in [0, 0.05) is 43.0 Å². The van der Waals surface area contributed by atoms with Gasteiger partial charge in [-0.2, -0.15) is 15.3 Å². The summed E-state index contributed by atoms with van der Waals surface area (Å²) in [6, 6.07) is 12.8. The van der Waals surface area contributed by atoms with Gasteiger partial charge in [-0.25, -0.2) is 4.98 Å². The van der Waals surface area contributed by atoms with Crippen molar-refractivity contribution < 1.29 is 4.79 Å². The Morgan fingerprint density at radius 2 is 1.68 bits per heavy atom. The molecule has 1 atom stereocenters. The van der Waals surface area contributed by atoms with E-state index in [0.717, 1.165) is 36.9 Å². The Bertz CT molecular complexity index is 1270. The summed E-state index contributed by atoms with van der Waals surface area (Å²) in [5, 5.41) is 28.3. The lowest BCUT2D eigenvalue weighted by molar-refractivity contribution is -0.110. The fraction of sp³-hybridized carbons (Fsp3) is 0.516. The number of fused-ring (bicyclic) bond motifs is 1. The highest BCUT2D eigenvalue weighted by Crippen LogP contribution is 2.34. The molecule has 2 fully saturated rings. The maximum absolute atomic E-state index is 10.3. The molecule has 0 saturated heterocycles. The molecule has 10 nitrogen and oxygen atoms in total. The van der Waals surface area contributed by atoms with Crippen LogP contribution in [0, 0.1) is 11.3 Å². The molecule has 2 aromatic heterocycles. The van der Waals surface area contributed by atoms with Crippen molar-refractivity contribution in [3.63, 3.8) is 0 Å². The predicted molar refractivity (Wildman–Crippen MR) is 162 cm³/mol. The van der Waals surface area contributed by atoms with Crippen LogP contribution < -0.4 is 21.3 Å². The van der Waals surface area contributed by atoms with Crippen molar-refractivity contribution in [2.24, 2.45) is 0 Å². The van der Waals surface area contributed by atoms with Crippen LogP contribution in [0.5, 0.6) is 0 Å². The Balaban J connectivity index is 0.000000154. The van der Waals surface area contributed by atoms with Crippen molar-refractivity contribution in [1.29, 1.82) is 5.26 Å². The summed E-state index contributed by atoms with van der Waals surface area (Å²) in [6.45, 7) is 0. The molecule has 1 unspecified atom stereocenters. The maximum Gasteiger partial charge on any atom is 0.224 e. The predicted octanol–water partition coefficient (Wildman–Crippen LogP) is 4.95. The van der Waals surface area contributed by atoms with Crippen LogP contribution in [0.15, 0.2) is 36.5 Å². The van der Waals surface area contributed by atoms with Crippen LogP contribution in [0.1, 0.15) is 86.1 Å². The van der Waals surface area contributed by atoms with Gasteiger partial charge in [0.2, 0.25) is 12.4 Å². The standard InChI is InChI=1S/C13H18N6.C11H10N2O.C7H15N/c1-14-13-15-7-6-11(17-13)16-12-8-10(18-19-12)9-4-2-3-5-9;12-6-8-1-2-9-4-11(13-7-14)5-10(9)3-8;1-8-7-5-3-2-4-6-7/h6-9H,2-5H2,1H3,(H3,14,15,16,17,18,19);1-3,7,11H,4-5H2,(H,13,14);7-8H,2-6H2,1H3. The molecular weight excluding hydrogens is 514 g/mol. The molecule has 0 aliphatic heterocycles. The minimum Gasteiger partial charge on any atom is -0.357 e. The first kappa shape index (κ1) is 30.0. The summed E-state index contributed by atoms with van der Waals surface area (Å²) in [5.74, 6) is 2.78. The van der Waals surface area contributed by atoms with Gasteiger partial charge >= 0.3 is 0 Å². The molecule has 41 heavy (non-hydrogen) atoms. The highest BCUT2D eigenvalue weighted by atomic mass is 16.1. The van der Waals surface area contributed by atoms with Gasteiger partial charge < -0.3 is 21.3 Å². The van der Waals surface area contributed by atoms with Crippen molar-refractivity contribution in [3.05, 3.63) is 58.9 Å². The van der Waals surface area contributed by atoms with Gasteiger partial charge in [-0.3, -0.25) is 9.89 Å². The average Bonchev–Trinajstić information content (AvgIpc) is 3.79. The Kier molecular flexibility index (Phi) is 11.5.